The van der Waals surface area contributed by atoms with Crippen LogP contribution in [0.4, 0.5) is 0 Å². The summed E-state index contributed by atoms with van der Waals surface area (Å²) in [7, 11) is 0. The van der Waals surface area contributed by atoms with Crippen molar-refractivity contribution in [2.45, 2.75) is 32.8 Å². The Kier molecular flexibility index (Phi) is 3.62. The lowest BCUT2D eigenvalue weighted by Gasteiger charge is -2.10. The third-order valence-electron chi connectivity index (χ3n) is 2.96. The van der Waals surface area contributed by atoms with Gasteiger partial charge in [0.15, 0.2) is 12.4 Å². The van der Waals surface area contributed by atoms with Gasteiger partial charge in [0.25, 0.3) is 5.89 Å². The Bertz CT molecular complexity index is 727. The number of hydrogen-bond donors (Lipinski definition) is 0. The molecule has 7 nitrogen and oxygen atoms in total. The zero-order valence-corrected chi connectivity index (χ0v) is 12.6. The van der Waals surface area contributed by atoms with Crippen LogP contribution in [0, 0.1) is 0 Å². The van der Waals surface area contributed by atoms with Crippen molar-refractivity contribution in [3.05, 3.63) is 42.4 Å². The maximum Gasteiger partial charge on any atom is 0.264 e. The molecule has 1 aromatic carbocycles. The van der Waals surface area contributed by atoms with Crippen LogP contribution in [-0.4, -0.2) is 20.3 Å². The van der Waals surface area contributed by atoms with Crippen molar-refractivity contribution in [3.8, 4) is 17.2 Å². The summed E-state index contributed by atoms with van der Waals surface area (Å²) < 4.78 is 15.9. The first-order valence-electron chi connectivity index (χ1n) is 6.85. The molecular weight excluding hydrogens is 284 g/mol. The molecule has 3 rings (SSSR count). The molecule has 0 saturated heterocycles. The van der Waals surface area contributed by atoms with Crippen molar-refractivity contribution in [3.63, 3.8) is 0 Å². The van der Waals surface area contributed by atoms with E-state index in [-0.39, 0.29) is 12.0 Å². The standard InChI is InChI=1S/C15H16N4O3/c1-15(2,3)14-17-12(22-19-14)8-20-11-6-4-10(5-7-11)13-18-16-9-21-13/h4-7,9H,8H2,1-3H3. The lowest BCUT2D eigenvalue weighted by molar-refractivity contribution is 0.242. The number of nitrogens with zero attached hydrogens (tertiary/aromatic N) is 4. The number of hydrogen-bond acceptors (Lipinski definition) is 7. The van der Waals surface area contributed by atoms with E-state index < -0.39 is 0 Å². The first-order valence-corrected chi connectivity index (χ1v) is 6.85. The van der Waals surface area contributed by atoms with Gasteiger partial charge < -0.3 is 13.7 Å². The van der Waals surface area contributed by atoms with Gasteiger partial charge in [-0.05, 0) is 24.3 Å². The highest BCUT2D eigenvalue weighted by molar-refractivity contribution is 5.53. The van der Waals surface area contributed by atoms with Crippen LogP contribution in [0.2, 0.25) is 0 Å². The zero-order valence-electron chi connectivity index (χ0n) is 12.6. The molecule has 0 aliphatic carbocycles. The minimum Gasteiger partial charge on any atom is -0.484 e. The summed E-state index contributed by atoms with van der Waals surface area (Å²) in [4.78, 5) is 4.32. The van der Waals surface area contributed by atoms with Crippen molar-refractivity contribution in [2.24, 2.45) is 0 Å². The van der Waals surface area contributed by atoms with Crippen molar-refractivity contribution in [1.82, 2.24) is 20.3 Å². The Morgan fingerprint density at radius 1 is 1.14 bits per heavy atom. The monoisotopic (exact) mass is 300 g/mol. The first kappa shape index (κ1) is 14.2. The summed E-state index contributed by atoms with van der Waals surface area (Å²) >= 11 is 0. The van der Waals surface area contributed by atoms with E-state index in [1.807, 2.05) is 45.0 Å². The molecule has 114 valence electrons. The van der Waals surface area contributed by atoms with Crippen molar-refractivity contribution >= 4 is 0 Å². The largest absolute Gasteiger partial charge is 0.484 e. The summed E-state index contributed by atoms with van der Waals surface area (Å²) in [5, 5.41) is 11.4. The predicted molar refractivity (Wildman–Crippen MR) is 77.1 cm³/mol. The van der Waals surface area contributed by atoms with E-state index in [1.54, 1.807) is 0 Å². The third-order valence-corrected chi connectivity index (χ3v) is 2.96. The maximum absolute atomic E-state index is 5.63. The van der Waals surface area contributed by atoms with E-state index in [1.165, 1.54) is 6.39 Å². The SMILES string of the molecule is CC(C)(C)c1noc(COc2ccc(-c3nnco3)cc2)n1. The minimum atomic E-state index is -0.145. The predicted octanol–water partition coefficient (Wildman–Crippen LogP) is 3.00. The highest BCUT2D eigenvalue weighted by atomic mass is 16.5. The van der Waals surface area contributed by atoms with E-state index in [0.29, 0.717) is 23.4 Å². The van der Waals surface area contributed by atoms with Crippen LogP contribution in [0.3, 0.4) is 0 Å². The van der Waals surface area contributed by atoms with Gasteiger partial charge in [-0.25, -0.2) is 0 Å². The van der Waals surface area contributed by atoms with Crippen LogP contribution in [0.15, 0.2) is 39.6 Å². The third kappa shape index (κ3) is 3.13. The van der Waals surface area contributed by atoms with E-state index in [0.717, 1.165) is 5.56 Å². The Morgan fingerprint density at radius 2 is 1.91 bits per heavy atom. The molecule has 0 spiro atoms. The van der Waals surface area contributed by atoms with Crippen LogP contribution in [0.25, 0.3) is 11.5 Å². The second-order valence-electron chi connectivity index (χ2n) is 5.82. The fourth-order valence-corrected chi connectivity index (χ4v) is 1.76. The molecular formula is C15H16N4O3. The van der Waals surface area contributed by atoms with Crippen LogP contribution in [-0.2, 0) is 12.0 Å². The molecule has 0 aliphatic rings. The zero-order chi connectivity index (χ0) is 15.6. The Hall–Kier alpha value is -2.70. The van der Waals surface area contributed by atoms with Crippen LogP contribution >= 0.6 is 0 Å². The first-order chi connectivity index (χ1) is 10.5. The summed E-state index contributed by atoms with van der Waals surface area (Å²) in [5.41, 5.74) is 0.686. The average molecular weight is 300 g/mol. The fourth-order valence-electron chi connectivity index (χ4n) is 1.76. The number of rotatable bonds is 4. The van der Waals surface area contributed by atoms with E-state index in [9.17, 15) is 0 Å². The molecule has 0 aliphatic heterocycles. The molecule has 0 saturated carbocycles. The van der Waals surface area contributed by atoms with Gasteiger partial charge in [0.2, 0.25) is 12.3 Å². The number of ether oxygens (including phenoxy) is 1. The smallest absolute Gasteiger partial charge is 0.264 e. The Balaban J connectivity index is 1.63. The molecule has 22 heavy (non-hydrogen) atoms. The molecule has 0 radical (unpaired) electrons. The Morgan fingerprint density at radius 3 is 2.50 bits per heavy atom. The lowest BCUT2D eigenvalue weighted by Crippen LogP contribution is -2.13. The van der Waals surface area contributed by atoms with Crippen molar-refractivity contribution in [2.75, 3.05) is 0 Å². The molecule has 0 amide bonds. The van der Waals surface area contributed by atoms with Crippen molar-refractivity contribution < 1.29 is 13.7 Å². The van der Waals surface area contributed by atoms with Gasteiger partial charge in [-0.1, -0.05) is 25.9 Å². The molecule has 2 aromatic heterocycles. The molecule has 0 N–H and O–H groups in total. The summed E-state index contributed by atoms with van der Waals surface area (Å²) in [6, 6.07) is 7.33. The molecule has 0 unspecified atom stereocenters. The van der Waals surface area contributed by atoms with Gasteiger partial charge in [-0.2, -0.15) is 4.98 Å². The summed E-state index contributed by atoms with van der Waals surface area (Å²) in [6.45, 7) is 6.30. The second kappa shape index (κ2) is 5.59. The number of aromatic nitrogens is 4. The second-order valence-corrected chi connectivity index (χ2v) is 5.82. The maximum atomic E-state index is 5.63. The minimum absolute atomic E-state index is 0.145. The Labute approximate surface area is 127 Å². The normalized spacial score (nSPS) is 11.6. The van der Waals surface area contributed by atoms with Gasteiger partial charge in [0, 0.05) is 11.0 Å². The van der Waals surface area contributed by atoms with E-state index in [4.69, 9.17) is 13.7 Å². The van der Waals surface area contributed by atoms with E-state index >= 15 is 0 Å². The topological polar surface area (TPSA) is 87.1 Å². The lowest BCUT2D eigenvalue weighted by atomic mass is 9.96. The number of benzene rings is 1. The summed E-state index contributed by atoms with van der Waals surface area (Å²) in [6.07, 6.45) is 1.29. The molecule has 0 atom stereocenters. The quantitative estimate of drug-likeness (QED) is 0.731. The van der Waals surface area contributed by atoms with Gasteiger partial charge >= 0.3 is 0 Å². The van der Waals surface area contributed by atoms with E-state index in [2.05, 4.69) is 20.3 Å². The van der Waals surface area contributed by atoms with Crippen molar-refractivity contribution in [1.29, 1.82) is 0 Å². The van der Waals surface area contributed by atoms with Gasteiger partial charge in [-0.3, -0.25) is 0 Å². The van der Waals surface area contributed by atoms with Crippen LogP contribution in [0.5, 0.6) is 5.75 Å². The fraction of sp³-hybridized carbons (Fsp3) is 0.333. The molecule has 7 heteroatoms. The highest BCUT2D eigenvalue weighted by Gasteiger charge is 2.21. The summed E-state index contributed by atoms with van der Waals surface area (Å²) in [5.74, 6) is 2.28. The molecule has 3 aromatic rings. The van der Waals surface area contributed by atoms with Crippen LogP contribution < -0.4 is 4.74 Å². The molecule has 2 heterocycles. The molecule has 0 fully saturated rings. The molecule has 0 bridgehead atoms. The van der Waals surface area contributed by atoms with Gasteiger partial charge in [0.1, 0.15) is 5.75 Å². The van der Waals surface area contributed by atoms with Crippen LogP contribution in [0.1, 0.15) is 32.5 Å². The average Bonchev–Trinajstić information content (AvgIpc) is 3.16. The van der Waals surface area contributed by atoms with Gasteiger partial charge in [0.05, 0.1) is 0 Å². The van der Waals surface area contributed by atoms with Gasteiger partial charge in [-0.15, -0.1) is 10.2 Å². The highest BCUT2D eigenvalue weighted by Crippen LogP contribution is 2.22.